The first-order valence-electron chi connectivity index (χ1n) is 11.7. The maximum absolute atomic E-state index is 13.6. The maximum Gasteiger partial charge on any atom is 0.573 e. The maximum atomic E-state index is 13.6. The second-order valence-corrected chi connectivity index (χ2v) is 8.78. The molecule has 4 N–H and O–H groups in total. The van der Waals surface area contributed by atoms with Crippen LogP contribution in [0.5, 0.6) is 5.75 Å². The first kappa shape index (κ1) is 26.2. The molecular weight excluding hydrogens is 492 g/mol. The first-order chi connectivity index (χ1) is 17.6. The van der Waals surface area contributed by atoms with Crippen LogP contribution in [0, 0.1) is 5.82 Å². The van der Waals surface area contributed by atoms with Gasteiger partial charge in [0.25, 0.3) is 0 Å². The van der Waals surface area contributed by atoms with Crippen molar-refractivity contribution < 1.29 is 31.9 Å². The molecule has 3 aromatic rings. The predicted molar refractivity (Wildman–Crippen MR) is 130 cm³/mol. The number of alkyl halides is 3. The van der Waals surface area contributed by atoms with Crippen molar-refractivity contribution in [2.75, 3.05) is 19.6 Å². The Bertz CT molecular complexity index is 1300. The van der Waals surface area contributed by atoms with Gasteiger partial charge < -0.3 is 25.7 Å². The molecule has 196 valence electrons. The SMILES string of the molecule is O=C(/C=C/c1cccc(OC(F)(F)F)c1)NC1(C(=O)NCCc2c[nH]c3ccc(F)cc23)CCNCC1. The Kier molecular flexibility index (Phi) is 7.82. The molecule has 0 aliphatic carbocycles. The summed E-state index contributed by atoms with van der Waals surface area (Å²) in [5.41, 5.74) is 0.848. The second-order valence-electron chi connectivity index (χ2n) is 8.78. The van der Waals surface area contributed by atoms with Crippen LogP contribution in [0.4, 0.5) is 17.6 Å². The number of H-pyrrole nitrogens is 1. The van der Waals surface area contributed by atoms with Crippen molar-refractivity contribution in [3.05, 3.63) is 71.7 Å². The van der Waals surface area contributed by atoms with Crippen LogP contribution < -0.4 is 20.7 Å². The molecular formula is C26H26F4N4O3. The Morgan fingerprint density at radius 3 is 2.65 bits per heavy atom. The van der Waals surface area contributed by atoms with Crippen LogP contribution in [0.15, 0.2) is 54.7 Å². The number of aromatic nitrogens is 1. The molecule has 2 aromatic carbocycles. The van der Waals surface area contributed by atoms with E-state index in [-0.39, 0.29) is 18.3 Å². The molecule has 0 unspecified atom stereocenters. The summed E-state index contributed by atoms with van der Waals surface area (Å²) >= 11 is 0. The van der Waals surface area contributed by atoms with Crippen molar-refractivity contribution in [1.29, 1.82) is 0 Å². The van der Waals surface area contributed by atoms with Crippen molar-refractivity contribution in [3.63, 3.8) is 0 Å². The topological polar surface area (TPSA) is 95.2 Å². The standard InChI is InChI=1S/C26H26F4N4O3/c27-19-5-6-22-21(15-19)18(16-33-22)8-11-32-24(36)25(9-12-31-13-10-25)34-23(35)7-4-17-2-1-3-20(14-17)37-26(28,29)30/h1-7,14-16,31,33H,8-13H2,(H,32,36)(H,34,35)/b7-4+. The Labute approximate surface area is 210 Å². The van der Waals surface area contributed by atoms with Gasteiger partial charge in [-0.15, -0.1) is 13.2 Å². The highest BCUT2D eigenvalue weighted by Crippen LogP contribution is 2.24. The summed E-state index contributed by atoms with van der Waals surface area (Å²) in [5, 5.41) is 9.58. The molecule has 2 amide bonds. The summed E-state index contributed by atoms with van der Waals surface area (Å²) in [6.07, 6.45) is 0.674. The molecule has 2 heterocycles. The van der Waals surface area contributed by atoms with E-state index in [9.17, 15) is 27.2 Å². The first-order valence-corrected chi connectivity index (χ1v) is 11.7. The normalized spacial score (nSPS) is 15.6. The van der Waals surface area contributed by atoms with E-state index in [0.717, 1.165) is 28.6 Å². The van der Waals surface area contributed by atoms with Gasteiger partial charge in [0.05, 0.1) is 0 Å². The number of halogens is 4. The van der Waals surface area contributed by atoms with Gasteiger partial charge in [0, 0.05) is 29.7 Å². The molecule has 0 saturated carbocycles. The fraction of sp³-hybridized carbons (Fsp3) is 0.308. The third-order valence-electron chi connectivity index (χ3n) is 6.18. The molecule has 11 heteroatoms. The molecule has 1 saturated heterocycles. The number of amides is 2. The Morgan fingerprint density at radius 1 is 1.11 bits per heavy atom. The quantitative estimate of drug-likeness (QED) is 0.270. The minimum atomic E-state index is -4.82. The summed E-state index contributed by atoms with van der Waals surface area (Å²) in [7, 11) is 0. The molecule has 4 rings (SSSR count). The Hall–Kier alpha value is -3.86. The lowest BCUT2D eigenvalue weighted by atomic mass is 9.87. The summed E-state index contributed by atoms with van der Waals surface area (Å²) in [6, 6.07) is 9.68. The second kappa shape index (κ2) is 11.0. The van der Waals surface area contributed by atoms with E-state index >= 15 is 0 Å². The van der Waals surface area contributed by atoms with Crippen molar-refractivity contribution in [1.82, 2.24) is 20.9 Å². The number of benzene rings is 2. The number of rotatable bonds is 8. The molecule has 1 fully saturated rings. The monoisotopic (exact) mass is 518 g/mol. The van der Waals surface area contributed by atoms with Crippen molar-refractivity contribution in [3.8, 4) is 5.75 Å². The molecule has 0 bridgehead atoms. The van der Waals surface area contributed by atoms with Gasteiger partial charge in [0.1, 0.15) is 17.1 Å². The number of ether oxygens (including phenoxy) is 1. The minimum absolute atomic E-state index is 0.287. The lowest BCUT2D eigenvalue weighted by Crippen LogP contribution is -2.62. The van der Waals surface area contributed by atoms with E-state index < -0.39 is 23.6 Å². The van der Waals surface area contributed by atoms with E-state index in [1.807, 2.05) is 0 Å². The van der Waals surface area contributed by atoms with Gasteiger partial charge in [-0.2, -0.15) is 0 Å². The third kappa shape index (κ3) is 6.88. The molecule has 0 radical (unpaired) electrons. The van der Waals surface area contributed by atoms with Crippen LogP contribution in [-0.4, -0.2) is 48.3 Å². The van der Waals surface area contributed by atoms with Crippen LogP contribution in [-0.2, 0) is 16.0 Å². The average molecular weight is 519 g/mol. The molecule has 1 aliphatic heterocycles. The molecule has 1 aromatic heterocycles. The fourth-order valence-electron chi connectivity index (χ4n) is 4.36. The van der Waals surface area contributed by atoms with Gasteiger partial charge in [-0.25, -0.2) is 4.39 Å². The highest BCUT2D eigenvalue weighted by atomic mass is 19.4. The highest BCUT2D eigenvalue weighted by Gasteiger charge is 2.40. The zero-order chi connectivity index (χ0) is 26.5. The highest BCUT2D eigenvalue weighted by molar-refractivity contribution is 5.97. The number of carbonyl (C=O) groups is 2. The number of aromatic amines is 1. The zero-order valence-electron chi connectivity index (χ0n) is 19.8. The van der Waals surface area contributed by atoms with Gasteiger partial charge in [-0.1, -0.05) is 12.1 Å². The van der Waals surface area contributed by atoms with Gasteiger partial charge >= 0.3 is 6.36 Å². The largest absolute Gasteiger partial charge is 0.573 e. The van der Waals surface area contributed by atoms with Crippen molar-refractivity contribution >= 4 is 28.8 Å². The fourth-order valence-corrected chi connectivity index (χ4v) is 4.36. The number of nitrogens with one attached hydrogen (secondary N) is 4. The Balaban J connectivity index is 1.38. The molecule has 0 atom stereocenters. The van der Waals surface area contributed by atoms with E-state index in [2.05, 4.69) is 25.7 Å². The molecule has 37 heavy (non-hydrogen) atoms. The molecule has 1 aliphatic rings. The summed E-state index contributed by atoms with van der Waals surface area (Å²) in [5.74, 6) is -1.63. The number of piperidine rings is 1. The summed E-state index contributed by atoms with van der Waals surface area (Å²) < 4.78 is 54.9. The van der Waals surface area contributed by atoms with Crippen molar-refractivity contribution in [2.24, 2.45) is 0 Å². The predicted octanol–water partition coefficient (Wildman–Crippen LogP) is 3.82. The molecule has 0 spiro atoms. The van der Waals surface area contributed by atoms with E-state index in [1.165, 1.54) is 36.4 Å². The third-order valence-corrected chi connectivity index (χ3v) is 6.18. The minimum Gasteiger partial charge on any atom is -0.406 e. The van der Waals surface area contributed by atoms with Gasteiger partial charge in [0.2, 0.25) is 11.8 Å². The van der Waals surface area contributed by atoms with Crippen LogP contribution in [0.3, 0.4) is 0 Å². The number of fused-ring (bicyclic) bond motifs is 1. The number of carbonyl (C=O) groups excluding carboxylic acids is 2. The summed E-state index contributed by atoms with van der Waals surface area (Å²) in [6.45, 7) is 1.33. The summed E-state index contributed by atoms with van der Waals surface area (Å²) in [4.78, 5) is 29.0. The van der Waals surface area contributed by atoms with Crippen LogP contribution in [0.2, 0.25) is 0 Å². The zero-order valence-corrected chi connectivity index (χ0v) is 19.8. The van der Waals surface area contributed by atoms with Crippen LogP contribution in [0.1, 0.15) is 24.0 Å². The average Bonchev–Trinajstić information content (AvgIpc) is 3.24. The lowest BCUT2D eigenvalue weighted by Gasteiger charge is -2.36. The van der Waals surface area contributed by atoms with Gasteiger partial charge in [-0.05, 0) is 79.9 Å². The number of hydrogen-bond acceptors (Lipinski definition) is 4. The van der Waals surface area contributed by atoms with Crippen LogP contribution in [0.25, 0.3) is 17.0 Å². The van der Waals surface area contributed by atoms with Crippen molar-refractivity contribution in [2.45, 2.75) is 31.2 Å². The Morgan fingerprint density at radius 2 is 1.89 bits per heavy atom. The lowest BCUT2D eigenvalue weighted by molar-refractivity contribution is -0.274. The van der Waals surface area contributed by atoms with E-state index in [4.69, 9.17) is 0 Å². The van der Waals surface area contributed by atoms with Gasteiger partial charge in [0.15, 0.2) is 0 Å². The van der Waals surface area contributed by atoms with E-state index in [0.29, 0.717) is 37.9 Å². The smallest absolute Gasteiger partial charge is 0.406 e. The molecule has 7 nitrogen and oxygen atoms in total. The number of hydrogen-bond donors (Lipinski definition) is 4. The van der Waals surface area contributed by atoms with E-state index in [1.54, 1.807) is 12.3 Å². The van der Waals surface area contributed by atoms with Gasteiger partial charge in [-0.3, -0.25) is 9.59 Å². The van der Waals surface area contributed by atoms with Crippen LogP contribution >= 0.6 is 0 Å².